The van der Waals surface area contributed by atoms with E-state index in [1.54, 1.807) is 0 Å². The van der Waals surface area contributed by atoms with Gasteiger partial charge in [0, 0.05) is 6.07 Å². The van der Waals surface area contributed by atoms with Crippen molar-refractivity contribution in [2.24, 2.45) is 0 Å². The summed E-state index contributed by atoms with van der Waals surface area (Å²) in [5, 5.41) is 0. The summed E-state index contributed by atoms with van der Waals surface area (Å²) in [4.78, 5) is 3.77. The third-order valence-corrected chi connectivity index (χ3v) is 1.11. The van der Waals surface area contributed by atoms with E-state index in [0.29, 0.717) is 5.88 Å². The monoisotopic (exact) mass is 169 g/mol. The molecular formula is C9H12FNO. The Bertz CT molecular complexity index is 250. The van der Waals surface area contributed by atoms with Gasteiger partial charge in [0.15, 0.2) is 0 Å². The smallest absolute Gasteiger partial charge is 0.213 e. The van der Waals surface area contributed by atoms with Crippen LogP contribution in [0.4, 0.5) is 4.39 Å². The summed E-state index contributed by atoms with van der Waals surface area (Å²) in [6.07, 6.45) is 1.14. The highest BCUT2D eigenvalue weighted by Crippen LogP contribution is 2.14. The van der Waals surface area contributed by atoms with Gasteiger partial charge in [0.2, 0.25) is 5.88 Å². The Morgan fingerprint density at radius 3 is 2.42 bits per heavy atom. The zero-order valence-electron chi connectivity index (χ0n) is 7.47. The van der Waals surface area contributed by atoms with Gasteiger partial charge < -0.3 is 4.74 Å². The van der Waals surface area contributed by atoms with E-state index >= 15 is 0 Å². The molecule has 0 saturated carbocycles. The second kappa shape index (κ2) is 3.09. The van der Waals surface area contributed by atoms with E-state index in [0.717, 1.165) is 6.20 Å². The zero-order valence-corrected chi connectivity index (χ0v) is 7.47. The summed E-state index contributed by atoms with van der Waals surface area (Å²) in [6, 6.07) is 2.84. The van der Waals surface area contributed by atoms with Crippen LogP contribution in [0.3, 0.4) is 0 Å². The van der Waals surface area contributed by atoms with E-state index in [1.165, 1.54) is 12.1 Å². The average molecular weight is 169 g/mol. The van der Waals surface area contributed by atoms with Gasteiger partial charge in [-0.25, -0.2) is 9.37 Å². The maximum Gasteiger partial charge on any atom is 0.213 e. The van der Waals surface area contributed by atoms with Crippen LogP contribution in [0, 0.1) is 5.82 Å². The van der Waals surface area contributed by atoms with Gasteiger partial charge in [-0.2, -0.15) is 0 Å². The highest BCUT2D eigenvalue weighted by Gasteiger charge is 2.11. The number of aromatic nitrogens is 1. The van der Waals surface area contributed by atoms with Crippen molar-refractivity contribution in [2.45, 2.75) is 26.4 Å². The first kappa shape index (κ1) is 8.97. The number of hydrogen-bond donors (Lipinski definition) is 0. The number of nitrogens with zero attached hydrogens (tertiary/aromatic N) is 1. The van der Waals surface area contributed by atoms with E-state index in [9.17, 15) is 4.39 Å². The van der Waals surface area contributed by atoms with Crippen LogP contribution >= 0.6 is 0 Å². The van der Waals surface area contributed by atoms with Gasteiger partial charge in [-0.3, -0.25) is 0 Å². The van der Waals surface area contributed by atoms with Crippen LogP contribution in [0.5, 0.6) is 5.88 Å². The summed E-state index contributed by atoms with van der Waals surface area (Å²) in [5.41, 5.74) is -0.287. The lowest BCUT2D eigenvalue weighted by molar-refractivity contribution is 0.124. The molecule has 0 aliphatic carbocycles. The van der Waals surface area contributed by atoms with Gasteiger partial charge in [0.25, 0.3) is 0 Å². The summed E-state index contributed by atoms with van der Waals surface area (Å²) in [7, 11) is 0. The van der Waals surface area contributed by atoms with Gasteiger partial charge in [0.05, 0.1) is 6.20 Å². The molecule has 3 heteroatoms. The zero-order chi connectivity index (χ0) is 9.19. The molecule has 0 saturated heterocycles. The molecule has 1 aromatic heterocycles. The summed E-state index contributed by atoms with van der Waals surface area (Å²) in [6.45, 7) is 5.74. The summed E-state index contributed by atoms with van der Waals surface area (Å²) < 4.78 is 17.8. The number of pyridine rings is 1. The Labute approximate surface area is 71.4 Å². The first-order valence-electron chi connectivity index (χ1n) is 3.78. The molecule has 0 bridgehead atoms. The minimum Gasteiger partial charge on any atom is -0.472 e. The lowest BCUT2D eigenvalue weighted by Crippen LogP contribution is -2.23. The first-order chi connectivity index (χ1) is 5.47. The fraction of sp³-hybridized carbons (Fsp3) is 0.444. The van der Waals surface area contributed by atoms with Crippen LogP contribution in [0.15, 0.2) is 18.3 Å². The van der Waals surface area contributed by atoms with E-state index in [4.69, 9.17) is 4.74 Å². The topological polar surface area (TPSA) is 22.1 Å². The predicted octanol–water partition coefficient (Wildman–Crippen LogP) is 2.40. The molecule has 1 rings (SSSR count). The predicted molar refractivity (Wildman–Crippen MR) is 44.6 cm³/mol. The Morgan fingerprint density at radius 1 is 1.33 bits per heavy atom. The van der Waals surface area contributed by atoms with Crippen molar-refractivity contribution in [3.05, 3.63) is 24.1 Å². The fourth-order valence-electron chi connectivity index (χ4n) is 0.736. The number of rotatable bonds is 1. The third-order valence-electron chi connectivity index (χ3n) is 1.11. The van der Waals surface area contributed by atoms with Crippen molar-refractivity contribution in [1.82, 2.24) is 4.98 Å². The van der Waals surface area contributed by atoms with Gasteiger partial charge >= 0.3 is 0 Å². The van der Waals surface area contributed by atoms with E-state index in [2.05, 4.69) is 4.98 Å². The molecule has 0 atom stereocenters. The van der Waals surface area contributed by atoms with Crippen molar-refractivity contribution in [1.29, 1.82) is 0 Å². The van der Waals surface area contributed by atoms with Gasteiger partial charge in [-0.15, -0.1) is 0 Å². The van der Waals surface area contributed by atoms with Crippen molar-refractivity contribution >= 4 is 0 Å². The van der Waals surface area contributed by atoms with Crippen LogP contribution in [-0.4, -0.2) is 10.6 Å². The number of ether oxygens (including phenoxy) is 1. The molecule has 0 aromatic carbocycles. The standard InChI is InChI=1S/C9H12FNO/c1-9(2,3)12-8-5-4-7(10)6-11-8/h4-6H,1-3H3. The van der Waals surface area contributed by atoms with Crippen molar-refractivity contribution in [3.8, 4) is 5.88 Å². The Kier molecular flexibility index (Phi) is 2.31. The Balaban J connectivity index is 2.71. The molecule has 0 aliphatic heterocycles. The van der Waals surface area contributed by atoms with Gasteiger partial charge in [-0.05, 0) is 26.8 Å². The van der Waals surface area contributed by atoms with Crippen LogP contribution in [-0.2, 0) is 0 Å². The van der Waals surface area contributed by atoms with Gasteiger partial charge in [0.1, 0.15) is 11.4 Å². The second-order valence-corrected chi connectivity index (χ2v) is 3.53. The second-order valence-electron chi connectivity index (χ2n) is 3.53. The molecule has 12 heavy (non-hydrogen) atoms. The van der Waals surface area contributed by atoms with E-state index in [1.807, 2.05) is 20.8 Å². The molecule has 2 nitrogen and oxygen atoms in total. The normalized spacial score (nSPS) is 11.3. The third kappa shape index (κ3) is 2.86. The number of hydrogen-bond acceptors (Lipinski definition) is 2. The summed E-state index contributed by atoms with van der Waals surface area (Å²) in [5.74, 6) is 0.0974. The Morgan fingerprint density at radius 2 is 2.00 bits per heavy atom. The summed E-state index contributed by atoms with van der Waals surface area (Å²) >= 11 is 0. The van der Waals surface area contributed by atoms with Crippen molar-refractivity contribution in [3.63, 3.8) is 0 Å². The van der Waals surface area contributed by atoms with Crippen molar-refractivity contribution in [2.75, 3.05) is 0 Å². The highest BCUT2D eigenvalue weighted by atomic mass is 19.1. The lowest BCUT2D eigenvalue weighted by Gasteiger charge is -2.19. The van der Waals surface area contributed by atoms with Crippen molar-refractivity contribution < 1.29 is 9.13 Å². The largest absolute Gasteiger partial charge is 0.472 e. The molecule has 1 heterocycles. The molecule has 0 unspecified atom stereocenters. The van der Waals surface area contributed by atoms with Gasteiger partial charge in [-0.1, -0.05) is 0 Å². The Hall–Kier alpha value is -1.12. The maximum absolute atomic E-state index is 12.4. The minimum atomic E-state index is -0.351. The van der Waals surface area contributed by atoms with Crippen LogP contribution in [0.2, 0.25) is 0 Å². The van der Waals surface area contributed by atoms with Crippen LogP contribution < -0.4 is 4.74 Å². The molecular weight excluding hydrogens is 157 g/mol. The molecule has 1 aromatic rings. The number of halogens is 1. The first-order valence-corrected chi connectivity index (χ1v) is 3.78. The van der Waals surface area contributed by atoms with Crippen LogP contribution in [0.25, 0.3) is 0 Å². The fourth-order valence-corrected chi connectivity index (χ4v) is 0.736. The molecule has 66 valence electrons. The molecule has 0 radical (unpaired) electrons. The van der Waals surface area contributed by atoms with Crippen LogP contribution in [0.1, 0.15) is 20.8 Å². The molecule has 0 amide bonds. The average Bonchev–Trinajstić information content (AvgIpc) is 1.91. The van der Waals surface area contributed by atoms with E-state index in [-0.39, 0.29) is 11.4 Å². The minimum absolute atomic E-state index is 0.287. The SMILES string of the molecule is CC(C)(C)Oc1ccc(F)cn1. The maximum atomic E-state index is 12.4. The molecule has 0 fully saturated rings. The molecule has 0 aliphatic rings. The highest BCUT2D eigenvalue weighted by molar-refractivity contribution is 5.11. The van der Waals surface area contributed by atoms with E-state index < -0.39 is 0 Å². The lowest BCUT2D eigenvalue weighted by atomic mass is 10.2. The quantitative estimate of drug-likeness (QED) is 0.644. The molecule has 0 N–H and O–H groups in total. The molecule has 0 spiro atoms.